The van der Waals surface area contributed by atoms with Crippen LogP contribution in [-0.4, -0.2) is 49.3 Å². The quantitative estimate of drug-likeness (QED) is 0.842. The van der Waals surface area contributed by atoms with Crippen molar-refractivity contribution < 1.29 is 4.79 Å². The molecule has 3 rings (SSSR count). The van der Waals surface area contributed by atoms with Gasteiger partial charge in [0.25, 0.3) is 0 Å². The molecule has 4 nitrogen and oxygen atoms in total. The van der Waals surface area contributed by atoms with E-state index in [1.807, 2.05) is 37.3 Å². The van der Waals surface area contributed by atoms with Gasteiger partial charge < -0.3 is 15.1 Å². The average molecular weight is 370 g/mol. The summed E-state index contributed by atoms with van der Waals surface area (Å²) >= 11 is 1.66. The standard InChI is InChI=1S/C21H27N3OS/c1-17(26-16-18-6-4-3-5-7-18)21(25)22-19-8-10-20(11-9-19)24-14-12-23(2)13-15-24/h3-11,17H,12-16H2,1-2H3,(H,22,25). The minimum absolute atomic E-state index is 0.0540. The van der Waals surface area contributed by atoms with Crippen LogP contribution in [0.1, 0.15) is 12.5 Å². The summed E-state index contributed by atoms with van der Waals surface area (Å²) in [6, 6.07) is 18.5. The van der Waals surface area contributed by atoms with Crippen LogP contribution in [0.4, 0.5) is 11.4 Å². The third-order valence-corrected chi connectivity index (χ3v) is 5.93. The molecule has 5 heteroatoms. The van der Waals surface area contributed by atoms with E-state index >= 15 is 0 Å². The first kappa shape index (κ1) is 18.8. The zero-order valence-corrected chi connectivity index (χ0v) is 16.3. The number of anilines is 2. The van der Waals surface area contributed by atoms with E-state index < -0.39 is 0 Å². The van der Waals surface area contributed by atoms with Crippen LogP contribution >= 0.6 is 11.8 Å². The second-order valence-corrected chi connectivity index (χ2v) is 8.09. The van der Waals surface area contributed by atoms with Crippen LogP contribution < -0.4 is 10.2 Å². The summed E-state index contributed by atoms with van der Waals surface area (Å²) in [7, 11) is 2.16. The summed E-state index contributed by atoms with van der Waals surface area (Å²) in [5.74, 6) is 0.899. The van der Waals surface area contributed by atoms with E-state index in [9.17, 15) is 4.79 Å². The predicted molar refractivity (Wildman–Crippen MR) is 112 cm³/mol. The fraction of sp³-hybridized carbons (Fsp3) is 0.381. The van der Waals surface area contributed by atoms with Gasteiger partial charge >= 0.3 is 0 Å². The molecule has 1 unspecified atom stereocenters. The van der Waals surface area contributed by atoms with E-state index in [0.717, 1.165) is 37.6 Å². The number of piperazine rings is 1. The Kier molecular flexibility index (Phi) is 6.58. The van der Waals surface area contributed by atoms with E-state index in [-0.39, 0.29) is 11.2 Å². The van der Waals surface area contributed by atoms with Crippen molar-refractivity contribution in [1.82, 2.24) is 4.90 Å². The molecule has 1 aliphatic heterocycles. The number of hydrogen-bond donors (Lipinski definition) is 1. The number of amides is 1. The van der Waals surface area contributed by atoms with E-state index in [4.69, 9.17) is 0 Å². The second-order valence-electron chi connectivity index (χ2n) is 6.77. The smallest absolute Gasteiger partial charge is 0.237 e. The lowest BCUT2D eigenvalue weighted by atomic mass is 10.2. The lowest BCUT2D eigenvalue weighted by Crippen LogP contribution is -2.44. The van der Waals surface area contributed by atoms with E-state index in [1.165, 1.54) is 11.3 Å². The van der Waals surface area contributed by atoms with Gasteiger partial charge in [0.05, 0.1) is 5.25 Å². The highest BCUT2D eigenvalue weighted by Crippen LogP contribution is 2.22. The lowest BCUT2D eigenvalue weighted by Gasteiger charge is -2.34. The highest BCUT2D eigenvalue weighted by Gasteiger charge is 2.16. The molecule has 0 bridgehead atoms. The zero-order chi connectivity index (χ0) is 18.4. The summed E-state index contributed by atoms with van der Waals surface area (Å²) in [6.07, 6.45) is 0. The summed E-state index contributed by atoms with van der Waals surface area (Å²) in [5.41, 5.74) is 3.33. The third-order valence-electron chi connectivity index (χ3n) is 4.72. The van der Waals surface area contributed by atoms with Crippen LogP contribution in [0.3, 0.4) is 0 Å². The van der Waals surface area contributed by atoms with Gasteiger partial charge in [0.2, 0.25) is 5.91 Å². The van der Waals surface area contributed by atoms with Crippen LogP contribution in [-0.2, 0) is 10.5 Å². The molecule has 0 aliphatic carbocycles. The molecular formula is C21H27N3OS. The molecule has 1 saturated heterocycles. The van der Waals surface area contributed by atoms with Gasteiger partial charge in [-0.2, -0.15) is 0 Å². The van der Waals surface area contributed by atoms with Gasteiger partial charge in [-0.1, -0.05) is 30.3 Å². The maximum Gasteiger partial charge on any atom is 0.237 e. The number of hydrogen-bond acceptors (Lipinski definition) is 4. The van der Waals surface area contributed by atoms with Gasteiger partial charge in [0, 0.05) is 43.3 Å². The molecule has 26 heavy (non-hydrogen) atoms. The molecule has 0 aromatic heterocycles. The predicted octanol–water partition coefficient (Wildman–Crippen LogP) is 3.70. The molecular weight excluding hydrogens is 342 g/mol. The number of nitrogens with one attached hydrogen (secondary N) is 1. The second kappa shape index (κ2) is 9.10. The van der Waals surface area contributed by atoms with Gasteiger partial charge in [-0.25, -0.2) is 0 Å². The zero-order valence-electron chi connectivity index (χ0n) is 15.5. The minimum Gasteiger partial charge on any atom is -0.369 e. The van der Waals surface area contributed by atoms with Gasteiger partial charge in [-0.3, -0.25) is 4.79 Å². The maximum absolute atomic E-state index is 12.4. The van der Waals surface area contributed by atoms with Crippen molar-refractivity contribution in [1.29, 1.82) is 0 Å². The first-order chi connectivity index (χ1) is 12.6. The summed E-state index contributed by atoms with van der Waals surface area (Å²) in [6.45, 7) is 6.25. The van der Waals surface area contributed by atoms with Crippen LogP contribution in [0.2, 0.25) is 0 Å². The van der Waals surface area contributed by atoms with Crippen LogP contribution in [0, 0.1) is 0 Å². The topological polar surface area (TPSA) is 35.6 Å². The largest absolute Gasteiger partial charge is 0.369 e. The molecule has 1 fully saturated rings. The SMILES string of the molecule is CC(SCc1ccccc1)C(=O)Nc1ccc(N2CCN(C)CC2)cc1. The number of rotatable bonds is 6. The summed E-state index contributed by atoms with van der Waals surface area (Å²) < 4.78 is 0. The van der Waals surface area contributed by atoms with E-state index in [0.29, 0.717) is 0 Å². The Morgan fingerprint density at radius 3 is 2.35 bits per heavy atom. The summed E-state index contributed by atoms with van der Waals surface area (Å²) in [4.78, 5) is 17.1. The molecule has 2 aromatic carbocycles. The monoisotopic (exact) mass is 369 g/mol. The molecule has 0 saturated carbocycles. The van der Waals surface area contributed by atoms with Crippen molar-refractivity contribution in [3.8, 4) is 0 Å². The summed E-state index contributed by atoms with van der Waals surface area (Å²) in [5, 5.41) is 2.94. The number of benzene rings is 2. The highest BCUT2D eigenvalue weighted by molar-refractivity contribution is 7.99. The first-order valence-electron chi connectivity index (χ1n) is 9.12. The normalized spacial score (nSPS) is 16.3. The van der Waals surface area contributed by atoms with Gasteiger partial charge in [0.15, 0.2) is 0 Å². The van der Waals surface area contributed by atoms with Crippen molar-refractivity contribution in [2.75, 3.05) is 43.4 Å². The Bertz CT molecular complexity index is 697. The molecule has 138 valence electrons. The van der Waals surface area contributed by atoms with Crippen LogP contribution in [0.15, 0.2) is 54.6 Å². The van der Waals surface area contributed by atoms with Crippen molar-refractivity contribution in [2.45, 2.75) is 17.9 Å². The molecule has 0 spiro atoms. The van der Waals surface area contributed by atoms with Crippen LogP contribution in [0.25, 0.3) is 0 Å². The minimum atomic E-state index is -0.0903. The number of likely N-dealkylation sites (N-methyl/N-ethyl adjacent to an activating group) is 1. The average Bonchev–Trinajstić information content (AvgIpc) is 2.68. The Morgan fingerprint density at radius 2 is 1.69 bits per heavy atom. The highest BCUT2D eigenvalue weighted by atomic mass is 32.2. The molecule has 1 heterocycles. The Morgan fingerprint density at radius 1 is 1.04 bits per heavy atom. The maximum atomic E-state index is 12.4. The lowest BCUT2D eigenvalue weighted by molar-refractivity contribution is -0.115. The molecule has 1 atom stereocenters. The Balaban J connectivity index is 1.49. The fourth-order valence-corrected chi connectivity index (χ4v) is 3.78. The van der Waals surface area contributed by atoms with Crippen molar-refractivity contribution in [3.63, 3.8) is 0 Å². The third kappa shape index (κ3) is 5.26. The number of thioether (sulfide) groups is 1. The first-order valence-corrected chi connectivity index (χ1v) is 10.2. The van der Waals surface area contributed by atoms with Gasteiger partial charge in [-0.05, 0) is 43.8 Å². The molecule has 1 N–H and O–H groups in total. The molecule has 0 radical (unpaired) electrons. The van der Waals surface area contributed by atoms with E-state index in [1.54, 1.807) is 11.8 Å². The van der Waals surface area contributed by atoms with E-state index in [2.05, 4.69) is 46.4 Å². The number of nitrogens with zero attached hydrogens (tertiary/aromatic N) is 2. The van der Waals surface area contributed by atoms with Crippen molar-refractivity contribution in [3.05, 3.63) is 60.2 Å². The molecule has 2 aromatic rings. The number of carbonyl (C=O) groups excluding carboxylic acids is 1. The van der Waals surface area contributed by atoms with Gasteiger partial charge in [0.1, 0.15) is 0 Å². The Labute approximate surface area is 160 Å². The van der Waals surface area contributed by atoms with Crippen molar-refractivity contribution >= 4 is 29.0 Å². The van der Waals surface area contributed by atoms with Gasteiger partial charge in [-0.15, -0.1) is 11.8 Å². The number of carbonyl (C=O) groups is 1. The molecule has 1 aliphatic rings. The van der Waals surface area contributed by atoms with Crippen molar-refractivity contribution in [2.24, 2.45) is 0 Å². The fourth-order valence-electron chi connectivity index (χ4n) is 2.94. The van der Waals surface area contributed by atoms with Crippen LogP contribution in [0.5, 0.6) is 0 Å². The molecule has 1 amide bonds. The Hall–Kier alpha value is -1.98.